The van der Waals surface area contributed by atoms with Crippen LogP contribution in [0.3, 0.4) is 0 Å². The predicted molar refractivity (Wildman–Crippen MR) is 126 cm³/mol. The van der Waals surface area contributed by atoms with Gasteiger partial charge in [-0.3, -0.25) is 14.6 Å². The van der Waals surface area contributed by atoms with Crippen LogP contribution < -0.4 is 10.1 Å². The molecule has 1 aromatic heterocycles. The van der Waals surface area contributed by atoms with E-state index in [4.69, 9.17) is 16.3 Å². The number of ether oxygens (including phenoxy) is 1. The molecule has 1 atom stereocenters. The Morgan fingerprint density at radius 3 is 2.66 bits per heavy atom. The monoisotopic (exact) mass is 451 g/mol. The maximum Gasteiger partial charge on any atom is 0.254 e. The van der Waals surface area contributed by atoms with E-state index in [1.807, 2.05) is 36.1 Å². The van der Waals surface area contributed by atoms with Crippen molar-refractivity contribution in [3.8, 4) is 5.75 Å². The lowest BCUT2D eigenvalue weighted by Crippen LogP contribution is -2.41. The number of aromatic nitrogens is 1. The van der Waals surface area contributed by atoms with Gasteiger partial charge in [0.05, 0.1) is 23.2 Å². The Hall–Kier alpha value is -3.12. The minimum atomic E-state index is -0.171. The third-order valence-electron chi connectivity index (χ3n) is 6.25. The van der Waals surface area contributed by atoms with Crippen molar-refractivity contribution in [3.05, 3.63) is 65.3 Å². The van der Waals surface area contributed by atoms with Gasteiger partial charge in [0, 0.05) is 42.3 Å². The summed E-state index contributed by atoms with van der Waals surface area (Å²) in [5.41, 5.74) is 2.15. The summed E-state index contributed by atoms with van der Waals surface area (Å²) in [5, 5.41) is 4.32. The van der Waals surface area contributed by atoms with Crippen molar-refractivity contribution < 1.29 is 14.3 Å². The summed E-state index contributed by atoms with van der Waals surface area (Å²) in [4.78, 5) is 32.2. The number of amides is 2. The van der Waals surface area contributed by atoms with Crippen LogP contribution in [0, 0.1) is 11.8 Å². The predicted octanol–water partition coefficient (Wildman–Crippen LogP) is 5.02. The van der Waals surface area contributed by atoms with Crippen molar-refractivity contribution in [1.29, 1.82) is 0 Å². The number of rotatable bonds is 5. The topological polar surface area (TPSA) is 71.5 Å². The summed E-state index contributed by atoms with van der Waals surface area (Å²) in [6.07, 6.45) is 3.25. The molecule has 3 aromatic rings. The highest BCUT2D eigenvalue weighted by atomic mass is 35.5. The van der Waals surface area contributed by atoms with Crippen molar-refractivity contribution in [2.24, 2.45) is 11.8 Å². The first-order chi connectivity index (χ1) is 15.5. The van der Waals surface area contributed by atoms with Gasteiger partial charge in [-0.05, 0) is 43.0 Å². The Labute approximate surface area is 192 Å². The zero-order valence-corrected chi connectivity index (χ0v) is 18.9. The van der Waals surface area contributed by atoms with Crippen molar-refractivity contribution in [3.63, 3.8) is 0 Å². The van der Waals surface area contributed by atoms with E-state index in [1.54, 1.807) is 37.6 Å². The normalized spacial score (nSPS) is 15.4. The zero-order chi connectivity index (χ0) is 22.7. The maximum absolute atomic E-state index is 13.1. The first-order valence-electron chi connectivity index (χ1n) is 10.8. The Morgan fingerprint density at radius 2 is 1.91 bits per heavy atom. The molecule has 2 aromatic carbocycles. The number of piperidine rings is 1. The molecule has 0 bridgehead atoms. The van der Waals surface area contributed by atoms with Gasteiger partial charge in [-0.2, -0.15) is 0 Å². The molecule has 6 nitrogen and oxygen atoms in total. The largest absolute Gasteiger partial charge is 0.495 e. The van der Waals surface area contributed by atoms with Crippen LogP contribution in [0.15, 0.2) is 54.7 Å². The highest BCUT2D eigenvalue weighted by Crippen LogP contribution is 2.30. The summed E-state index contributed by atoms with van der Waals surface area (Å²) >= 11 is 6.06. The molecule has 2 amide bonds. The number of benzene rings is 2. The third-order valence-corrected chi connectivity index (χ3v) is 6.56. The van der Waals surface area contributed by atoms with Crippen molar-refractivity contribution in [1.82, 2.24) is 9.88 Å². The van der Waals surface area contributed by atoms with Gasteiger partial charge >= 0.3 is 0 Å². The molecule has 7 heteroatoms. The molecule has 4 rings (SSSR count). The van der Waals surface area contributed by atoms with E-state index >= 15 is 0 Å². The molecule has 0 aliphatic carbocycles. The van der Waals surface area contributed by atoms with Crippen molar-refractivity contribution in [2.75, 3.05) is 25.5 Å². The van der Waals surface area contributed by atoms with Crippen LogP contribution in [-0.2, 0) is 4.79 Å². The van der Waals surface area contributed by atoms with Crippen LogP contribution in [0.5, 0.6) is 5.75 Å². The van der Waals surface area contributed by atoms with Gasteiger partial charge in [0.2, 0.25) is 5.91 Å². The molecule has 1 fully saturated rings. The first kappa shape index (κ1) is 22.1. The number of pyridine rings is 1. The Kier molecular flexibility index (Phi) is 6.61. The molecular weight excluding hydrogens is 426 g/mol. The van der Waals surface area contributed by atoms with E-state index < -0.39 is 0 Å². The average Bonchev–Trinajstić information content (AvgIpc) is 2.84. The fourth-order valence-electron chi connectivity index (χ4n) is 4.26. The third kappa shape index (κ3) is 4.55. The molecule has 0 spiro atoms. The number of nitrogens with one attached hydrogen (secondary N) is 1. The SMILES string of the molecule is COc1cc(NC(=O)C(C)C2CCN(C(=O)c3ccnc4ccccc34)CC2)ccc1Cl. The van der Waals surface area contributed by atoms with E-state index in [2.05, 4.69) is 10.3 Å². The lowest BCUT2D eigenvalue weighted by Gasteiger charge is -2.34. The number of hydrogen-bond acceptors (Lipinski definition) is 4. The van der Waals surface area contributed by atoms with Crippen LogP contribution in [-0.4, -0.2) is 41.9 Å². The summed E-state index contributed by atoms with van der Waals surface area (Å²) in [6, 6.07) is 14.6. The molecule has 1 aliphatic heterocycles. The molecule has 32 heavy (non-hydrogen) atoms. The smallest absolute Gasteiger partial charge is 0.254 e. The van der Waals surface area contributed by atoms with Crippen molar-refractivity contribution >= 4 is 40.0 Å². The molecular formula is C25H26ClN3O3. The van der Waals surface area contributed by atoms with Crippen LogP contribution in [0.2, 0.25) is 5.02 Å². The van der Waals surface area contributed by atoms with Crippen LogP contribution in [0.4, 0.5) is 5.69 Å². The number of likely N-dealkylation sites (tertiary alicyclic amines) is 1. The summed E-state index contributed by atoms with van der Waals surface area (Å²) in [7, 11) is 1.54. The van der Waals surface area contributed by atoms with Gasteiger partial charge in [0.25, 0.3) is 5.91 Å². The molecule has 0 saturated carbocycles. The van der Waals surface area contributed by atoms with E-state index in [-0.39, 0.29) is 23.7 Å². The van der Waals surface area contributed by atoms with E-state index in [0.717, 1.165) is 23.7 Å². The van der Waals surface area contributed by atoms with Gasteiger partial charge < -0.3 is 15.0 Å². The quantitative estimate of drug-likeness (QED) is 0.591. The number of carbonyl (C=O) groups excluding carboxylic acids is 2. The second kappa shape index (κ2) is 9.57. The fraction of sp³-hybridized carbons (Fsp3) is 0.320. The van der Waals surface area contributed by atoms with Gasteiger partial charge in [-0.15, -0.1) is 0 Å². The maximum atomic E-state index is 13.1. The first-order valence-corrected chi connectivity index (χ1v) is 11.1. The molecule has 1 aliphatic rings. The fourth-order valence-corrected chi connectivity index (χ4v) is 4.46. The second-order valence-electron chi connectivity index (χ2n) is 8.13. The van der Waals surface area contributed by atoms with E-state index in [1.165, 1.54) is 0 Å². The number of anilines is 1. The summed E-state index contributed by atoms with van der Waals surface area (Å²) in [5.74, 6) is 0.539. The molecule has 1 N–H and O–H groups in total. The highest BCUT2D eigenvalue weighted by molar-refractivity contribution is 6.32. The van der Waals surface area contributed by atoms with E-state index in [0.29, 0.717) is 35.1 Å². The Bertz CT molecular complexity index is 1140. The molecule has 0 radical (unpaired) electrons. The Balaban J connectivity index is 1.37. The average molecular weight is 452 g/mol. The lowest BCUT2D eigenvalue weighted by atomic mass is 9.84. The van der Waals surface area contributed by atoms with Gasteiger partial charge in [0.15, 0.2) is 0 Å². The minimum absolute atomic E-state index is 0.0208. The number of carbonyl (C=O) groups is 2. The van der Waals surface area contributed by atoms with Gasteiger partial charge in [-0.1, -0.05) is 36.7 Å². The highest BCUT2D eigenvalue weighted by Gasteiger charge is 2.30. The van der Waals surface area contributed by atoms with Crippen molar-refractivity contribution in [2.45, 2.75) is 19.8 Å². The van der Waals surface area contributed by atoms with Crippen LogP contribution >= 0.6 is 11.6 Å². The number of hydrogen-bond donors (Lipinski definition) is 1. The Morgan fingerprint density at radius 1 is 1.16 bits per heavy atom. The molecule has 166 valence electrons. The lowest BCUT2D eigenvalue weighted by molar-refractivity contribution is -0.121. The molecule has 1 saturated heterocycles. The van der Waals surface area contributed by atoms with Crippen LogP contribution in [0.1, 0.15) is 30.1 Å². The minimum Gasteiger partial charge on any atom is -0.495 e. The standard InChI is InChI=1S/C25H26ClN3O3/c1-16(24(30)28-18-7-8-21(26)23(15-18)32-2)17-10-13-29(14-11-17)25(31)20-9-12-27-22-6-4-3-5-19(20)22/h3-9,12,15-17H,10-11,13-14H2,1-2H3,(H,28,30). The second-order valence-corrected chi connectivity index (χ2v) is 8.54. The van der Waals surface area contributed by atoms with E-state index in [9.17, 15) is 9.59 Å². The summed E-state index contributed by atoms with van der Waals surface area (Å²) < 4.78 is 5.22. The van der Waals surface area contributed by atoms with Crippen LogP contribution in [0.25, 0.3) is 10.9 Å². The van der Waals surface area contributed by atoms with Gasteiger partial charge in [-0.25, -0.2) is 0 Å². The number of methoxy groups -OCH3 is 1. The number of halogens is 1. The zero-order valence-electron chi connectivity index (χ0n) is 18.2. The number of fused-ring (bicyclic) bond motifs is 1. The van der Waals surface area contributed by atoms with Gasteiger partial charge in [0.1, 0.15) is 5.75 Å². The number of nitrogens with zero attached hydrogens (tertiary/aromatic N) is 2. The molecule has 2 heterocycles. The molecule has 1 unspecified atom stereocenters. The number of para-hydroxylation sites is 1. The summed E-state index contributed by atoms with van der Waals surface area (Å²) in [6.45, 7) is 3.21.